The number of carbonyl (C=O) groups is 1. The molecule has 0 saturated carbocycles. The van der Waals surface area contributed by atoms with E-state index < -0.39 is 0 Å². The molecule has 1 unspecified atom stereocenters. The molecule has 72 valence electrons. The molecule has 0 fully saturated rings. The topological polar surface area (TPSA) is 54.3 Å². The Morgan fingerprint density at radius 3 is 3.00 bits per heavy atom. The van der Waals surface area contributed by atoms with E-state index in [9.17, 15) is 4.79 Å². The van der Waals surface area contributed by atoms with E-state index in [4.69, 9.17) is 4.42 Å². The highest BCUT2D eigenvalue weighted by Crippen LogP contribution is 2.11. The van der Waals surface area contributed by atoms with Crippen LogP contribution in [0.15, 0.2) is 23.0 Å². The Labute approximate surface area is 77.3 Å². The van der Waals surface area contributed by atoms with Gasteiger partial charge in [0.05, 0.1) is 19.1 Å². The predicted molar refractivity (Wildman–Crippen MR) is 49.2 cm³/mol. The second kappa shape index (κ2) is 4.67. The molecule has 1 aromatic heterocycles. The van der Waals surface area contributed by atoms with Crippen molar-refractivity contribution in [3.63, 3.8) is 0 Å². The monoisotopic (exact) mass is 182 g/mol. The summed E-state index contributed by atoms with van der Waals surface area (Å²) >= 11 is 0. The van der Waals surface area contributed by atoms with E-state index >= 15 is 0 Å². The molecule has 0 spiro atoms. The largest absolute Gasteiger partial charge is 0.472 e. The van der Waals surface area contributed by atoms with Crippen molar-refractivity contribution < 1.29 is 9.21 Å². The van der Waals surface area contributed by atoms with Crippen LogP contribution in [0.25, 0.3) is 0 Å². The molecule has 0 aromatic carbocycles. The zero-order chi connectivity index (χ0) is 9.68. The smallest absolute Gasteiger partial charge is 0.233 e. The zero-order valence-corrected chi connectivity index (χ0v) is 7.83. The van der Waals surface area contributed by atoms with Gasteiger partial charge in [-0.05, 0) is 13.0 Å². The van der Waals surface area contributed by atoms with E-state index in [0.717, 1.165) is 5.56 Å². The summed E-state index contributed by atoms with van der Waals surface area (Å²) in [6.45, 7) is 2.30. The fourth-order valence-corrected chi connectivity index (χ4v) is 0.973. The van der Waals surface area contributed by atoms with Crippen LogP contribution < -0.4 is 10.6 Å². The molecule has 0 aliphatic rings. The van der Waals surface area contributed by atoms with Gasteiger partial charge in [-0.25, -0.2) is 0 Å². The molecule has 0 bridgehead atoms. The molecule has 13 heavy (non-hydrogen) atoms. The van der Waals surface area contributed by atoms with Crippen molar-refractivity contribution in [1.82, 2.24) is 10.6 Å². The first-order chi connectivity index (χ1) is 6.24. The Balaban J connectivity index is 2.34. The van der Waals surface area contributed by atoms with Crippen LogP contribution in [-0.2, 0) is 4.79 Å². The Bertz CT molecular complexity index is 257. The highest BCUT2D eigenvalue weighted by Gasteiger charge is 2.06. The first-order valence-corrected chi connectivity index (χ1v) is 4.20. The summed E-state index contributed by atoms with van der Waals surface area (Å²) in [6.07, 6.45) is 3.29. The molecule has 4 heteroatoms. The Morgan fingerprint density at radius 1 is 1.69 bits per heavy atom. The zero-order valence-electron chi connectivity index (χ0n) is 7.83. The minimum Gasteiger partial charge on any atom is -0.472 e. The fourth-order valence-electron chi connectivity index (χ4n) is 0.973. The molecule has 0 aliphatic heterocycles. The van der Waals surface area contributed by atoms with Gasteiger partial charge in [-0.1, -0.05) is 0 Å². The summed E-state index contributed by atoms with van der Waals surface area (Å²) in [7, 11) is 1.62. The third kappa shape index (κ3) is 2.91. The second-order valence-corrected chi connectivity index (χ2v) is 2.83. The lowest BCUT2D eigenvalue weighted by Gasteiger charge is -2.10. The summed E-state index contributed by atoms with van der Waals surface area (Å²) in [5.41, 5.74) is 1.05. The molecule has 0 saturated heterocycles. The SMILES string of the molecule is CNC(=O)CNC(C)c1ccoc1. The number of furan rings is 1. The van der Waals surface area contributed by atoms with Crippen LogP contribution in [0.4, 0.5) is 0 Å². The number of likely N-dealkylation sites (N-methyl/N-ethyl adjacent to an activating group) is 1. The summed E-state index contributed by atoms with van der Waals surface area (Å²) in [5.74, 6) is -0.0182. The van der Waals surface area contributed by atoms with Crippen molar-refractivity contribution in [2.75, 3.05) is 13.6 Å². The average molecular weight is 182 g/mol. The van der Waals surface area contributed by atoms with Crippen LogP contribution in [-0.4, -0.2) is 19.5 Å². The molecule has 1 aromatic rings. The van der Waals surface area contributed by atoms with Gasteiger partial charge < -0.3 is 15.1 Å². The number of rotatable bonds is 4. The number of hydrogen-bond acceptors (Lipinski definition) is 3. The van der Waals surface area contributed by atoms with Gasteiger partial charge in [0, 0.05) is 18.7 Å². The maximum absolute atomic E-state index is 10.9. The summed E-state index contributed by atoms with van der Waals surface area (Å²) < 4.78 is 4.93. The molecule has 4 nitrogen and oxygen atoms in total. The van der Waals surface area contributed by atoms with E-state index in [1.807, 2.05) is 13.0 Å². The quantitative estimate of drug-likeness (QED) is 0.719. The van der Waals surface area contributed by atoms with Crippen LogP contribution in [0, 0.1) is 0 Å². The van der Waals surface area contributed by atoms with Crippen LogP contribution in [0.3, 0.4) is 0 Å². The third-order valence-corrected chi connectivity index (χ3v) is 1.89. The van der Waals surface area contributed by atoms with Crippen molar-refractivity contribution in [3.05, 3.63) is 24.2 Å². The van der Waals surface area contributed by atoms with Crippen LogP contribution in [0.2, 0.25) is 0 Å². The van der Waals surface area contributed by atoms with E-state index in [-0.39, 0.29) is 11.9 Å². The van der Waals surface area contributed by atoms with Gasteiger partial charge in [0.1, 0.15) is 0 Å². The van der Waals surface area contributed by atoms with Crippen molar-refractivity contribution in [2.45, 2.75) is 13.0 Å². The Hall–Kier alpha value is -1.29. The lowest BCUT2D eigenvalue weighted by molar-refractivity contribution is -0.119. The van der Waals surface area contributed by atoms with Crippen LogP contribution in [0.5, 0.6) is 0 Å². The lowest BCUT2D eigenvalue weighted by atomic mass is 10.2. The lowest BCUT2D eigenvalue weighted by Crippen LogP contribution is -2.32. The summed E-state index contributed by atoms with van der Waals surface area (Å²) in [5, 5.41) is 5.60. The van der Waals surface area contributed by atoms with Gasteiger partial charge >= 0.3 is 0 Å². The van der Waals surface area contributed by atoms with Gasteiger partial charge in [0.2, 0.25) is 5.91 Å². The van der Waals surface area contributed by atoms with Gasteiger partial charge in [-0.15, -0.1) is 0 Å². The van der Waals surface area contributed by atoms with Crippen molar-refractivity contribution in [1.29, 1.82) is 0 Å². The first-order valence-electron chi connectivity index (χ1n) is 4.20. The highest BCUT2D eigenvalue weighted by molar-refractivity contribution is 5.77. The minimum atomic E-state index is -0.0182. The molecule has 0 radical (unpaired) electrons. The molecular formula is C9H14N2O2. The maximum atomic E-state index is 10.9. The molecule has 0 aliphatic carbocycles. The molecule has 1 rings (SSSR count). The standard InChI is InChI=1S/C9H14N2O2/c1-7(8-3-4-13-6-8)11-5-9(12)10-2/h3-4,6-7,11H,5H2,1-2H3,(H,10,12). The van der Waals surface area contributed by atoms with E-state index in [0.29, 0.717) is 6.54 Å². The van der Waals surface area contributed by atoms with Crippen molar-refractivity contribution in [2.24, 2.45) is 0 Å². The molecular weight excluding hydrogens is 168 g/mol. The normalized spacial score (nSPS) is 12.5. The average Bonchev–Trinajstić information content (AvgIpc) is 2.66. The molecule has 1 amide bonds. The van der Waals surface area contributed by atoms with Gasteiger partial charge in [0.15, 0.2) is 0 Å². The maximum Gasteiger partial charge on any atom is 0.233 e. The predicted octanol–water partition coefficient (Wildman–Crippen LogP) is 0.676. The number of carbonyl (C=O) groups excluding carboxylic acids is 1. The molecule has 1 heterocycles. The van der Waals surface area contributed by atoms with Gasteiger partial charge in [-0.3, -0.25) is 4.79 Å². The number of amides is 1. The fraction of sp³-hybridized carbons (Fsp3) is 0.444. The summed E-state index contributed by atoms with van der Waals surface area (Å²) in [6, 6.07) is 2.01. The highest BCUT2D eigenvalue weighted by atomic mass is 16.3. The van der Waals surface area contributed by atoms with E-state index in [1.165, 1.54) is 0 Å². The second-order valence-electron chi connectivity index (χ2n) is 2.83. The van der Waals surface area contributed by atoms with Crippen LogP contribution >= 0.6 is 0 Å². The Kier molecular flexibility index (Phi) is 3.52. The first kappa shape index (κ1) is 9.80. The van der Waals surface area contributed by atoms with E-state index in [2.05, 4.69) is 10.6 Å². The molecule has 1 atom stereocenters. The molecule has 2 N–H and O–H groups in total. The number of nitrogens with one attached hydrogen (secondary N) is 2. The third-order valence-electron chi connectivity index (χ3n) is 1.89. The number of hydrogen-bond donors (Lipinski definition) is 2. The van der Waals surface area contributed by atoms with Gasteiger partial charge in [-0.2, -0.15) is 0 Å². The Morgan fingerprint density at radius 2 is 2.46 bits per heavy atom. The minimum absolute atomic E-state index is 0.0182. The summed E-state index contributed by atoms with van der Waals surface area (Å²) in [4.78, 5) is 10.9. The van der Waals surface area contributed by atoms with E-state index in [1.54, 1.807) is 19.6 Å². The van der Waals surface area contributed by atoms with Gasteiger partial charge in [0.25, 0.3) is 0 Å². The van der Waals surface area contributed by atoms with Crippen molar-refractivity contribution >= 4 is 5.91 Å². The van der Waals surface area contributed by atoms with Crippen molar-refractivity contribution in [3.8, 4) is 0 Å². The van der Waals surface area contributed by atoms with Crippen LogP contribution in [0.1, 0.15) is 18.5 Å².